The van der Waals surface area contributed by atoms with Gasteiger partial charge in [-0.15, -0.1) is 0 Å². The fraction of sp³-hybridized carbons (Fsp3) is 0.500. The molecule has 0 aliphatic heterocycles. The number of anilines is 1. The molecular formula is C12H19ClN4O. The van der Waals surface area contributed by atoms with E-state index in [0.29, 0.717) is 29.6 Å². The highest BCUT2D eigenvalue weighted by molar-refractivity contribution is 6.31. The zero-order chi connectivity index (χ0) is 13.7. The highest BCUT2D eigenvalue weighted by Gasteiger charge is 2.13. The highest BCUT2D eigenvalue weighted by atomic mass is 35.5. The zero-order valence-electron chi connectivity index (χ0n) is 11.0. The molecule has 6 heteroatoms. The quantitative estimate of drug-likeness (QED) is 0.874. The van der Waals surface area contributed by atoms with Crippen LogP contribution < -0.4 is 5.73 Å². The van der Waals surface area contributed by atoms with E-state index in [4.69, 9.17) is 17.3 Å². The predicted octanol–water partition coefficient (Wildman–Crippen LogP) is 1.23. The number of nitrogens with zero attached hydrogens (tertiary/aromatic N) is 3. The van der Waals surface area contributed by atoms with Gasteiger partial charge in [-0.05, 0) is 18.7 Å². The van der Waals surface area contributed by atoms with Gasteiger partial charge in [-0.2, -0.15) is 0 Å². The third-order valence-electron chi connectivity index (χ3n) is 2.62. The van der Waals surface area contributed by atoms with Gasteiger partial charge in [0.2, 0.25) is 5.91 Å². The number of hydrogen-bond acceptors (Lipinski definition) is 4. The molecule has 1 heterocycles. The minimum absolute atomic E-state index is 0.0527. The molecule has 1 amide bonds. The van der Waals surface area contributed by atoms with Crippen molar-refractivity contribution in [2.45, 2.75) is 13.5 Å². The van der Waals surface area contributed by atoms with E-state index < -0.39 is 0 Å². The molecule has 0 aliphatic carbocycles. The van der Waals surface area contributed by atoms with Gasteiger partial charge in [-0.1, -0.05) is 18.5 Å². The molecule has 2 N–H and O–H groups in total. The van der Waals surface area contributed by atoms with Crippen molar-refractivity contribution < 1.29 is 4.79 Å². The van der Waals surface area contributed by atoms with Crippen LogP contribution >= 0.6 is 11.6 Å². The summed E-state index contributed by atoms with van der Waals surface area (Å²) in [5.74, 6) is 0.487. The SMILES string of the molecule is CCN(CC(=O)N(C)C)Cc1nc(N)ccc1Cl. The van der Waals surface area contributed by atoms with E-state index in [9.17, 15) is 4.79 Å². The number of pyridine rings is 1. The molecule has 0 aromatic carbocycles. The number of halogens is 1. The van der Waals surface area contributed by atoms with Crippen molar-refractivity contribution >= 4 is 23.3 Å². The van der Waals surface area contributed by atoms with Crippen LogP contribution in [0.25, 0.3) is 0 Å². The Morgan fingerprint density at radius 3 is 2.67 bits per heavy atom. The third kappa shape index (κ3) is 4.16. The van der Waals surface area contributed by atoms with E-state index in [0.717, 1.165) is 6.54 Å². The van der Waals surface area contributed by atoms with Crippen molar-refractivity contribution in [2.75, 3.05) is 32.9 Å². The van der Waals surface area contributed by atoms with Gasteiger partial charge < -0.3 is 10.6 Å². The Bertz CT molecular complexity index is 423. The first-order valence-corrected chi connectivity index (χ1v) is 6.15. The Kier molecular flexibility index (Phi) is 5.37. The smallest absolute Gasteiger partial charge is 0.236 e. The summed E-state index contributed by atoms with van der Waals surface area (Å²) in [6.07, 6.45) is 0. The Balaban J connectivity index is 2.73. The zero-order valence-corrected chi connectivity index (χ0v) is 11.7. The molecule has 1 rings (SSSR count). The second-order valence-electron chi connectivity index (χ2n) is 4.26. The lowest BCUT2D eigenvalue weighted by Crippen LogP contribution is -2.36. The van der Waals surface area contributed by atoms with Crippen LogP contribution in [-0.4, -0.2) is 47.9 Å². The molecule has 1 aromatic heterocycles. The molecule has 1 aromatic rings. The maximum Gasteiger partial charge on any atom is 0.236 e. The number of carbonyl (C=O) groups excluding carboxylic acids is 1. The summed E-state index contributed by atoms with van der Waals surface area (Å²) in [6, 6.07) is 3.38. The Hall–Kier alpha value is -1.33. The average molecular weight is 271 g/mol. The molecule has 5 nitrogen and oxygen atoms in total. The lowest BCUT2D eigenvalue weighted by atomic mass is 10.3. The Morgan fingerprint density at radius 1 is 1.44 bits per heavy atom. The van der Waals surface area contributed by atoms with Gasteiger partial charge in [0.15, 0.2) is 0 Å². The van der Waals surface area contributed by atoms with Crippen LogP contribution in [0.4, 0.5) is 5.82 Å². The van der Waals surface area contributed by atoms with Crippen molar-refractivity contribution in [2.24, 2.45) is 0 Å². The molecule has 0 bridgehead atoms. The fourth-order valence-corrected chi connectivity index (χ4v) is 1.60. The molecule has 0 saturated heterocycles. The van der Waals surface area contributed by atoms with Crippen molar-refractivity contribution in [1.82, 2.24) is 14.8 Å². The lowest BCUT2D eigenvalue weighted by Gasteiger charge is -2.22. The topological polar surface area (TPSA) is 62.5 Å². The van der Waals surface area contributed by atoms with E-state index >= 15 is 0 Å². The van der Waals surface area contributed by atoms with Crippen molar-refractivity contribution in [3.63, 3.8) is 0 Å². The van der Waals surface area contributed by atoms with Crippen LogP contribution in [0.5, 0.6) is 0 Å². The number of nitrogens with two attached hydrogens (primary N) is 1. The summed E-state index contributed by atoms with van der Waals surface area (Å²) >= 11 is 6.06. The number of carbonyl (C=O) groups is 1. The number of hydrogen-bond donors (Lipinski definition) is 1. The van der Waals surface area contributed by atoms with Gasteiger partial charge in [-0.3, -0.25) is 9.69 Å². The van der Waals surface area contributed by atoms with Crippen LogP contribution in [0, 0.1) is 0 Å². The normalized spacial score (nSPS) is 10.7. The molecule has 0 unspecified atom stereocenters. The Labute approximate surface area is 113 Å². The number of rotatable bonds is 5. The van der Waals surface area contributed by atoms with Crippen molar-refractivity contribution in [1.29, 1.82) is 0 Å². The van der Waals surface area contributed by atoms with Crippen LogP contribution in [0.15, 0.2) is 12.1 Å². The van der Waals surface area contributed by atoms with E-state index in [1.54, 1.807) is 31.1 Å². The first-order chi connectivity index (χ1) is 8.43. The van der Waals surface area contributed by atoms with Gasteiger partial charge in [0.1, 0.15) is 5.82 Å². The van der Waals surface area contributed by atoms with Crippen molar-refractivity contribution in [3.8, 4) is 0 Å². The first-order valence-electron chi connectivity index (χ1n) is 5.77. The monoisotopic (exact) mass is 270 g/mol. The largest absolute Gasteiger partial charge is 0.384 e. The molecule has 100 valence electrons. The summed E-state index contributed by atoms with van der Waals surface area (Å²) in [6.45, 7) is 3.59. The molecule has 0 radical (unpaired) electrons. The van der Waals surface area contributed by atoms with Crippen LogP contribution in [0.2, 0.25) is 5.02 Å². The van der Waals surface area contributed by atoms with Crippen LogP contribution in [0.3, 0.4) is 0 Å². The minimum Gasteiger partial charge on any atom is -0.384 e. The lowest BCUT2D eigenvalue weighted by molar-refractivity contribution is -0.130. The average Bonchev–Trinajstić information content (AvgIpc) is 2.32. The van der Waals surface area contributed by atoms with Crippen LogP contribution in [-0.2, 0) is 11.3 Å². The second-order valence-corrected chi connectivity index (χ2v) is 4.66. The fourth-order valence-electron chi connectivity index (χ4n) is 1.44. The number of nitrogen functional groups attached to an aromatic ring is 1. The maximum atomic E-state index is 11.7. The Morgan fingerprint density at radius 2 is 2.11 bits per heavy atom. The van der Waals surface area contributed by atoms with E-state index in [-0.39, 0.29) is 5.91 Å². The molecule has 0 fully saturated rings. The van der Waals surface area contributed by atoms with Gasteiger partial charge in [0.25, 0.3) is 0 Å². The van der Waals surface area contributed by atoms with Gasteiger partial charge in [0.05, 0.1) is 17.3 Å². The van der Waals surface area contributed by atoms with E-state index in [1.807, 2.05) is 11.8 Å². The summed E-state index contributed by atoms with van der Waals surface area (Å²) in [7, 11) is 3.48. The van der Waals surface area contributed by atoms with Crippen molar-refractivity contribution in [3.05, 3.63) is 22.8 Å². The van der Waals surface area contributed by atoms with Gasteiger partial charge >= 0.3 is 0 Å². The molecule has 0 spiro atoms. The molecule has 18 heavy (non-hydrogen) atoms. The highest BCUT2D eigenvalue weighted by Crippen LogP contribution is 2.17. The summed E-state index contributed by atoms with van der Waals surface area (Å²) in [5.41, 5.74) is 6.33. The summed E-state index contributed by atoms with van der Waals surface area (Å²) < 4.78 is 0. The number of aromatic nitrogens is 1. The summed E-state index contributed by atoms with van der Waals surface area (Å²) in [5, 5.41) is 0.569. The molecule has 0 atom stereocenters. The summed E-state index contributed by atoms with van der Waals surface area (Å²) in [4.78, 5) is 19.4. The molecule has 0 aliphatic rings. The van der Waals surface area contributed by atoms with Crippen LogP contribution in [0.1, 0.15) is 12.6 Å². The molecular weight excluding hydrogens is 252 g/mol. The predicted molar refractivity (Wildman–Crippen MR) is 73.3 cm³/mol. The standard InChI is InChI=1S/C12H19ClN4O/c1-4-17(8-12(18)16(2)3)7-10-9(13)5-6-11(14)15-10/h5-6H,4,7-8H2,1-3H3,(H2,14,15). The second kappa shape index (κ2) is 6.56. The number of amides is 1. The minimum atomic E-state index is 0.0527. The van der Waals surface area contributed by atoms with E-state index in [1.165, 1.54) is 0 Å². The van der Waals surface area contributed by atoms with Gasteiger partial charge in [0, 0.05) is 20.6 Å². The third-order valence-corrected chi connectivity index (χ3v) is 2.96. The molecule has 0 saturated carbocycles. The van der Waals surface area contributed by atoms with Gasteiger partial charge in [-0.25, -0.2) is 4.98 Å². The maximum absolute atomic E-state index is 11.7. The first kappa shape index (κ1) is 14.7. The number of likely N-dealkylation sites (N-methyl/N-ethyl adjacent to an activating group) is 2. The van der Waals surface area contributed by atoms with E-state index in [2.05, 4.69) is 4.98 Å².